The van der Waals surface area contributed by atoms with Gasteiger partial charge >= 0.3 is 0 Å². The topological polar surface area (TPSA) is 27.7 Å². The molecular formula is C13H15ClO3. The van der Waals surface area contributed by atoms with Crippen LogP contribution in [0.2, 0.25) is 0 Å². The van der Waals surface area contributed by atoms with Crippen LogP contribution in [0.1, 0.15) is 5.56 Å². The lowest BCUT2D eigenvalue weighted by Gasteiger charge is -2.09. The maximum atomic E-state index is 5.55. The van der Waals surface area contributed by atoms with E-state index in [-0.39, 0.29) is 5.88 Å². The predicted molar refractivity (Wildman–Crippen MR) is 68.0 cm³/mol. The zero-order valence-corrected chi connectivity index (χ0v) is 10.7. The van der Waals surface area contributed by atoms with E-state index in [0.717, 1.165) is 11.3 Å². The van der Waals surface area contributed by atoms with Crippen LogP contribution in [-0.4, -0.2) is 33.3 Å². The molecular weight excluding hydrogens is 240 g/mol. The van der Waals surface area contributed by atoms with Gasteiger partial charge in [0, 0.05) is 7.11 Å². The van der Waals surface area contributed by atoms with E-state index in [9.17, 15) is 0 Å². The summed E-state index contributed by atoms with van der Waals surface area (Å²) in [4.78, 5) is 0. The van der Waals surface area contributed by atoms with Crippen LogP contribution >= 0.6 is 11.6 Å². The van der Waals surface area contributed by atoms with Crippen molar-refractivity contribution in [2.45, 2.75) is 0 Å². The van der Waals surface area contributed by atoms with Crippen LogP contribution in [0.25, 0.3) is 0 Å². The zero-order valence-electron chi connectivity index (χ0n) is 9.96. The minimum atomic E-state index is 0.286. The Balaban J connectivity index is 2.86. The first-order valence-corrected chi connectivity index (χ1v) is 5.70. The van der Waals surface area contributed by atoms with E-state index in [4.69, 9.17) is 25.8 Å². The minimum absolute atomic E-state index is 0.286. The molecule has 1 rings (SSSR count). The van der Waals surface area contributed by atoms with Crippen molar-refractivity contribution in [2.75, 3.05) is 33.3 Å². The van der Waals surface area contributed by atoms with Gasteiger partial charge in [0.1, 0.15) is 18.1 Å². The molecule has 4 heteroatoms. The molecule has 0 aliphatic rings. The number of halogens is 1. The molecule has 0 atom stereocenters. The number of rotatable bonds is 5. The van der Waals surface area contributed by atoms with Gasteiger partial charge in [-0.25, -0.2) is 0 Å². The van der Waals surface area contributed by atoms with Gasteiger partial charge in [0.25, 0.3) is 0 Å². The summed E-state index contributed by atoms with van der Waals surface area (Å²) in [5.74, 6) is 7.47. The lowest BCUT2D eigenvalue weighted by atomic mass is 10.2. The van der Waals surface area contributed by atoms with Crippen molar-refractivity contribution >= 4 is 11.6 Å². The Morgan fingerprint density at radius 2 is 2.06 bits per heavy atom. The van der Waals surface area contributed by atoms with E-state index < -0.39 is 0 Å². The van der Waals surface area contributed by atoms with E-state index in [0.29, 0.717) is 19.0 Å². The zero-order chi connectivity index (χ0) is 12.5. The summed E-state index contributed by atoms with van der Waals surface area (Å²) in [6, 6.07) is 5.47. The number of hydrogen-bond donors (Lipinski definition) is 0. The molecule has 0 aromatic heterocycles. The van der Waals surface area contributed by atoms with Crippen LogP contribution in [0.15, 0.2) is 18.2 Å². The van der Waals surface area contributed by atoms with Gasteiger partial charge in [-0.3, -0.25) is 0 Å². The molecule has 0 aliphatic carbocycles. The first kappa shape index (κ1) is 13.7. The first-order valence-electron chi connectivity index (χ1n) is 5.16. The molecule has 0 N–H and O–H groups in total. The summed E-state index contributed by atoms with van der Waals surface area (Å²) < 4.78 is 15.6. The van der Waals surface area contributed by atoms with Crippen LogP contribution < -0.4 is 9.47 Å². The molecule has 92 valence electrons. The molecule has 0 unspecified atom stereocenters. The van der Waals surface area contributed by atoms with Crippen molar-refractivity contribution in [3.63, 3.8) is 0 Å². The number of methoxy groups -OCH3 is 2. The van der Waals surface area contributed by atoms with Crippen molar-refractivity contribution in [1.29, 1.82) is 0 Å². The molecule has 0 saturated heterocycles. The summed E-state index contributed by atoms with van der Waals surface area (Å²) in [6.45, 7) is 1.02. The predicted octanol–water partition coefficient (Wildman–Crippen LogP) is 2.31. The molecule has 0 heterocycles. The third-order valence-corrected chi connectivity index (χ3v) is 2.16. The first-order chi connectivity index (χ1) is 8.31. The maximum Gasteiger partial charge on any atom is 0.135 e. The Labute approximate surface area is 107 Å². The largest absolute Gasteiger partial charge is 0.497 e. The fourth-order valence-electron chi connectivity index (χ4n) is 1.22. The number of alkyl halides is 1. The van der Waals surface area contributed by atoms with E-state index in [1.807, 2.05) is 18.2 Å². The molecule has 0 fully saturated rings. The van der Waals surface area contributed by atoms with Crippen LogP contribution in [0, 0.1) is 11.8 Å². The van der Waals surface area contributed by atoms with Gasteiger partial charge in [0.15, 0.2) is 0 Å². The Bertz CT molecular complexity index is 407. The second-order valence-electron chi connectivity index (χ2n) is 3.14. The van der Waals surface area contributed by atoms with E-state index in [1.54, 1.807) is 14.2 Å². The quantitative estimate of drug-likeness (QED) is 0.459. The smallest absolute Gasteiger partial charge is 0.135 e. The molecule has 1 aromatic rings. The summed E-state index contributed by atoms with van der Waals surface area (Å²) in [7, 11) is 3.24. The van der Waals surface area contributed by atoms with Gasteiger partial charge in [-0.2, -0.15) is 0 Å². The van der Waals surface area contributed by atoms with Crippen molar-refractivity contribution < 1.29 is 14.2 Å². The van der Waals surface area contributed by atoms with Crippen LogP contribution in [-0.2, 0) is 4.74 Å². The highest BCUT2D eigenvalue weighted by Gasteiger charge is 2.03. The van der Waals surface area contributed by atoms with Crippen LogP contribution in [0.3, 0.4) is 0 Å². The van der Waals surface area contributed by atoms with Crippen molar-refractivity contribution in [3.8, 4) is 23.3 Å². The molecule has 0 saturated carbocycles. The molecule has 0 bridgehead atoms. The molecule has 17 heavy (non-hydrogen) atoms. The summed E-state index contributed by atoms with van der Waals surface area (Å²) in [6.07, 6.45) is 0. The monoisotopic (exact) mass is 254 g/mol. The van der Waals surface area contributed by atoms with Gasteiger partial charge in [-0.05, 0) is 18.2 Å². The average Bonchev–Trinajstić information content (AvgIpc) is 2.37. The molecule has 3 nitrogen and oxygen atoms in total. The van der Waals surface area contributed by atoms with Crippen molar-refractivity contribution in [1.82, 2.24) is 0 Å². The summed E-state index contributed by atoms with van der Waals surface area (Å²) in [5, 5.41) is 0. The lowest BCUT2D eigenvalue weighted by molar-refractivity contribution is 0.146. The van der Waals surface area contributed by atoms with Gasteiger partial charge in [-0.1, -0.05) is 11.8 Å². The summed E-state index contributed by atoms with van der Waals surface area (Å²) in [5.41, 5.74) is 0.765. The van der Waals surface area contributed by atoms with Gasteiger partial charge < -0.3 is 14.2 Å². The van der Waals surface area contributed by atoms with E-state index >= 15 is 0 Å². The maximum absolute atomic E-state index is 5.55. The highest BCUT2D eigenvalue weighted by molar-refractivity contribution is 6.19. The second-order valence-corrected chi connectivity index (χ2v) is 3.41. The molecule has 0 aliphatic heterocycles. The Morgan fingerprint density at radius 3 is 2.71 bits per heavy atom. The fraction of sp³-hybridized carbons (Fsp3) is 0.385. The van der Waals surface area contributed by atoms with Gasteiger partial charge in [0.2, 0.25) is 0 Å². The van der Waals surface area contributed by atoms with E-state index in [1.165, 1.54) is 0 Å². The van der Waals surface area contributed by atoms with Gasteiger partial charge in [0.05, 0.1) is 25.2 Å². The highest BCUT2D eigenvalue weighted by Crippen LogP contribution is 2.23. The van der Waals surface area contributed by atoms with Crippen molar-refractivity contribution in [3.05, 3.63) is 23.8 Å². The van der Waals surface area contributed by atoms with Crippen LogP contribution in [0.4, 0.5) is 0 Å². The average molecular weight is 255 g/mol. The number of ether oxygens (including phenoxy) is 3. The van der Waals surface area contributed by atoms with Crippen LogP contribution in [0.5, 0.6) is 11.5 Å². The number of benzene rings is 1. The normalized spacial score (nSPS) is 9.35. The molecule has 0 spiro atoms. The minimum Gasteiger partial charge on any atom is -0.497 e. The Kier molecular flexibility index (Phi) is 6.31. The summed E-state index contributed by atoms with van der Waals surface area (Å²) >= 11 is 5.54. The molecule has 0 amide bonds. The standard InChI is InChI=1S/C13H15ClO3/c1-15-8-9-17-13-6-5-12(16-2)10-11(13)4-3-7-14/h5-6,10H,7-9H2,1-2H3. The van der Waals surface area contributed by atoms with Crippen molar-refractivity contribution in [2.24, 2.45) is 0 Å². The fourth-order valence-corrected chi connectivity index (χ4v) is 1.29. The third kappa shape index (κ3) is 4.56. The second kappa shape index (κ2) is 7.83. The lowest BCUT2D eigenvalue weighted by Crippen LogP contribution is -2.05. The Hall–Kier alpha value is -1.37. The SMILES string of the molecule is COCCOc1ccc(OC)cc1C#CCCl. The molecule has 1 aromatic carbocycles. The van der Waals surface area contributed by atoms with Gasteiger partial charge in [-0.15, -0.1) is 11.6 Å². The van der Waals surface area contributed by atoms with E-state index in [2.05, 4.69) is 11.8 Å². The highest BCUT2D eigenvalue weighted by atomic mass is 35.5. The Morgan fingerprint density at radius 1 is 1.24 bits per heavy atom. The number of hydrogen-bond acceptors (Lipinski definition) is 3. The molecule has 0 radical (unpaired) electrons. The third-order valence-electron chi connectivity index (χ3n) is 2.02.